The summed E-state index contributed by atoms with van der Waals surface area (Å²) in [5.41, 5.74) is 0.788. The molecule has 0 aliphatic heterocycles. The van der Waals surface area contributed by atoms with Crippen LogP contribution in [0.1, 0.15) is 5.56 Å². The normalized spacial score (nSPS) is 11.3. The highest BCUT2D eigenvalue weighted by molar-refractivity contribution is 7.89. The fourth-order valence-corrected chi connectivity index (χ4v) is 3.51. The molecule has 0 atom stereocenters. The van der Waals surface area contributed by atoms with Gasteiger partial charge in [0.15, 0.2) is 0 Å². The summed E-state index contributed by atoms with van der Waals surface area (Å²) in [7, 11) is -3.88. The Hall–Kier alpha value is -1.94. The van der Waals surface area contributed by atoms with E-state index in [1.165, 1.54) is 18.5 Å². The molecular weight excluding hydrogens is 310 g/mol. The van der Waals surface area contributed by atoms with Crippen molar-refractivity contribution in [1.82, 2.24) is 9.29 Å². The Kier molecular flexibility index (Phi) is 4.91. The van der Waals surface area contributed by atoms with Crippen LogP contribution in [0.2, 0.25) is 5.02 Å². The van der Waals surface area contributed by atoms with E-state index in [-0.39, 0.29) is 23.0 Å². The Morgan fingerprint density at radius 2 is 1.95 bits per heavy atom. The van der Waals surface area contributed by atoms with Crippen molar-refractivity contribution in [3.05, 3.63) is 59.4 Å². The molecule has 108 valence electrons. The van der Waals surface area contributed by atoms with Gasteiger partial charge in [-0.05, 0) is 11.6 Å². The quantitative estimate of drug-likeness (QED) is 0.793. The number of sulfonamides is 1. The van der Waals surface area contributed by atoms with Crippen molar-refractivity contribution in [2.75, 3.05) is 6.54 Å². The maximum atomic E-state index is 12.6. The summed E-state index contributed by atoms with van der Waals surface area (Å²) in [6, 6.07) is 12.3. The molecule has 2 rings (SSSR count). The summed E-state index contributed by atoms with van der Waals surface area (Å²) in [5.74, 6) is 0. The largest absolute Gasteiger partial charge is 0.263 e. The van der Waals surface area contributed by atoms with Gasteiger partial charge in [-0.2, -0.15) is 9.57 Å². The van der Waals surface area contributed by atoms with Crippen LogP contribution in [0.3, 0.4) is 0 Å². The van der Waals surface area contributed by atoms with Crippen LogP contribution in [0.15, 0.2) is 53.7 Å². The zero-order chi connectivity index (χ0) is 15.3. The molecule has 0 amide bonds. The number of hydrogen-bond acceptors (Lipinski definition) is 4. The van der Waals surface area contributed by atoms with Gasteiger partial charge >= 0.3 is 0 Å². The second kappa shape index (κ2) is 6.68. The Balaban J connectivity index is 2.38. The first-order valence-corrected chi connectivity index (χ1v) is 7.88. The predicted molar refractivity (Wildman–Crippen MR) is 78.9 cm³/mol. The number of benzene rings is 1. The van der Waals surface area contributed by atoms with Crippen LogP contribution in [-0.4, -0.2) is 24.3 Å². The van der Waals surface area contributed by atoms with Crippen molar-refractivity contribution in [3.63, 3.8) is 0 Å². The molecule has 2 aromatic rings. The van der Waals surface area contributed by atoms with Gasteiger partial charge in [-0.15, -0.1) is 0 Å². The number of pyridine rings is 1. The molecule has 21 heavy (non-hydrogen) atoms. The highest BCUT2D eigenvalue weighted by atomic mass is 35.5. The second-order valence-electron chi connectivity index (χ2n) is 4.22. The molecule has 1 aromatic carbocycles. The van der Waals surface area contributed by atoms with Crippen LogP contribution >= 0.6 is 11.6 Å². The van der Waals surface area contributed by atoms with Crippen molar-refractivity contribution in [1.29, 1.82) is 5.26 Å². The van der Waals surface area contributed by atoms with E-state index in [1.807, 2.05) is 24.3 Å². The molecule has 0 N–H and O–H groups in total. The lowest BCUT2D eigenvalue weighted by molar-refractivity contribution is 0.441. The Morgan fingerprint density at radius 1 is 1.24 bits per heavy atom. The van der Waals surface area contributed by atoms with Gasteiger partial charge in [0, 0.05) is 18.9 Å². The zero-order valence-electron chi connectivity index (χ0n) is 11.0. The third-order valence-electron chi connectivity index (χ3n) is 2.80. The third kappa shape index (κ3) is 3.58. The molecule has 5 nitrogen and oxygen atoms in total. The lowest BCUT2D eigenvalue weighted by Gasteiger charge is -2.19. The SMILES string of the molecule is N#CCN(Cc1ccccc1)S(=O)(=O)c1cnccc1Cl. The molecule has 7 heteroatoms. The van der Waals surface area contributed by atoms with Crippen molar-refractivity contribution in [2.24, 2.45) is 0 Å². The first-order chi connectivity index (χ1) is 10.1. The van der Waals surface area contributed by atoms with Crippen molar-refractivity contribution < 1.29 is 8.42 Å². The zero-order valence-corrected chi connectivity index (χ0v) is 12.5. The van der Waals surface area contributed by atoms with Gasteiger partial charge in [-0.3, -0.25) is 4.98 Å². The number of nitrogens with zero attached hydrogens (tertiary/aromatic N) is 3. The molecule has 0 aliphatic rings. The fraction of sp³-hybridized carbons (Fsp3) is 0.143. The minimum absolute atomic E-state index is 0.0843. The van der Waals surface area contributed by atoms with Crippen LogP contribution in [0.5, 0.6) is 0 Å². The summed E-state index contributed by atoms with van der Waals surface area (Å²) in [6.45, 7) is -0.162. The van der Waals surface area contributed by atoms with Crippen LogP contribution in [-0.2, 0) is 16.6 Å². The average molecular weight is 322 g/mol. The molecule has 0 saturated carbocycles. The lowest BCUT2D eigenvalue weighted by atomic mass is 10.2. The molecule has 0 spiro atoms. The topological polar surface area (TPSA) is 74.1 Å². The highest BCUT2D eigenvalue weighted by Crippen LogP contribution is 2.24. The number of nitriles is 1. The number of halogens is 1. The van der Waals surface area contributed by atoms with E-state index in [4.69, 9.17) is 16.9 Å². The standard InChI is InChI=1S/C14H12ClN3O2S/c15-13-6-8-17-10-14(13)21(19,20)18(9-7-16)11-12-4-2-1-3-5-12/h1-6,8,10H,9,11H2. The highest BCUT2D eigenvalue weighted by Gasteiger charge is 2.27. The van der Waals surface area contributed by atoms with Gasteiger partial charge in [0.05, 0.1) is 11.1 Å². The smallest absolute Gasteiger partial charge is 0.247 e. The van der Waals surface area contributed by atoms with Crippen LogP contribution < -0.4 is 0 Å². The van der Waals surface area contributed by atoms with E-state index in [0.717, 1.165) is 9.87 Å². The summed E-state index contributed by atoms with van der Waals surface area (Å²) in [4.78, 5) is 3.69. The summed E-state index contributed by atoms with van der Waals surface area (Å²) < 4.78 is 26.3. The Bertz CT molecular complexity index is 757. The molecular formula is C14H12ClN3O2S. The van der Waals surface area contributed by atoms with Crippen molar-refractivity contribution >= 4 is 21.6 Å². The number of rotatable bonds is 5. The van der Waals surface area contributed by atoms with E-state index in [0.29, 0.717) is 0 Å². The summed E-state index contributed by atoms with van der Waals surface area (Å²) in [5, 5.41) is 8.97. The van der Waals surface area contributed by atoms with Crippen molar-refractivity contribution in [3.8, 4) is 6.07 Å². The monoisotopic (exact) mass is 321 g/mol. The van der Waals surface area contributed by atoms with Gasteiger partial charge in [0.25, 0.3) is 0 Å². The van der Waals surface area contributed by atoms with Crippen LogP contribution in [0.25, 0.3) is 0 Å². The van der Waals surface area contributed by atoms with E-state index in [1.54, 1.807) is 12.1 Å². The maximum Gasteiger partial charge on any atom is 0.247 e. The lowest BCUT2D eigenvalue weighted by Crippen LogP contribution is -2.31. The van der Waals surface area contributed by atoms with Gasteiger partial charge in [0.1, 0.15) is 11.4 Å². The van der Waals surface area contributed by atoms with E-state index >= 15 is 0 Å². The van der Waals surface area contributed by atoms with Gasteiger partial charge in [-0.1, -0.05) is 41.9 Å². The molecule has 1 aromatic heterocycles. The minimum Gasteiger partial charge on any atom is -0.263 e. The predicted octanol–water partition coefficient (Wildman–Crippen LogP) is 2.45. The van der Waals surface area contributed by atoms with Crippen LogP contribution in [0.4, 0.5) is 0 Å². The third-order valence-corrected chi connectivity index (χ3v) is 5.06. The summed E-state index contributed by atoms with van der Waals surface area (Å²) in [6.07, 6.45) is 2.60. The van der Waals surface area contributed by atoms with Gasteiger partial charge in [-0.25, -0.2) is 8.42 Å². The molecule has 0 bridgehead atoms. The second-order valence-corrected chi connectivity index (χ2v) is 6.54. The molecule has 0 radical (unpaired) electrons. The number of aromatic nitrogens is 1. The Labute approximate surface area is 128 Å². The molecule has 1 heterocycles. The van der Waals surface area contributed by atoms with Crippen molar-refractivity contribution in [2.45, 2.75) is 11.4 Å². The van der Waals surface area contributed by atoms with Crippen LogP contribution in [0, 0.1) is 11.3 Å². The first kappa shape index (κ1) is 15.4. The van der Waals surface area contributed by atoms with Gasteiger partial charge < -0.3 is 0 Å². The molecule has 0 fully saturated rings. The molecule has 0 aliphatic carbocycles. The van der Waals surface area contributed by atoms with E-state index < -0.39 is 10.0 Å². The maximum absolute atomic E-state index is 12.6. The van der Waals surface area contributed by atoms with E-state index in [9.17, 15) is 8.42 Å². The minimum atomic E-state index is -3.88. The first-order valence-electron chi connectivity index (χ1n) is 6.06. The summed E-state index contributed by atoms with van der Waals surface area (Å²) >= 11 is 5.93. The fourth-order valence-electron chi connectivity index (χ4n) is 1.78. The van der Waals surface area contributed by atoms with E-state index in [2.05, 4.69) is 4.98 Å². The Morgan fingerprint density at radius 3 is 2.57 bits per heavy atom. The van der Waals surface area contributed by atoms with Gasteiger partial charge in [0.2, 0.25) is 10.0 Å². The molecule has 0 unspecified atom stereocenters. The molecule has 0 saturated heterocycles. The number of hydrogen-bond donors (Lipinski definition) is 0. The average Bonchev–Trinajstić information content (AvgIpc) is 2.48.